The molecule has 28 heavy (non-hydrogen) atoms. The van der Waals surface area contributed by atoms with Gasteiger partial charge in [0.05, 0.1) is 11.1 Å². The van der Waals surface area contributed by atoms with E-state index in [1.807, 2.05) is 0 Å². The highest BCUT2D eigenvalue weighted by atomic mass is 79.9. The largest absolute Gasteiger partial charge is 0.534 e. The lowest BCUT2D eigenvalue weighted by atomic mass is 10.2. The number of nitrogens with one attached hydrogen (secondary N) is 1. The van der Waals surface area contributed by atoms with Crippen LogP contribution >= 0.6 is 15.9 Å². The van der Waals surface area contributed by atoms with Crippen molar-refractivity contribution in [2.45, 2.75) is 59.2 Å². The molecule has 0 aliphatic heterocycles. The van der Waals surface area contributed by atoms with E-state index in [4.69, 9.17) is 14.3 Å². The van der Waals surface area contributed by atoms with Crippen LogP contribution in [0.25, 0.3) is 10.9 Å². The van der Waals surface area contributed by atoms with E-state index in [2.05, 4.69) is 21.2 Å². The average Bonchev–Trinajstić information content (AvgIpc) is 2.48. The van der Waals surface area contributed by atoms with Gasteiger partial charge in [-0.25, -0.2) is 4.79 Å². The van der Waals surface area contributed by atoms with Crippen LogP contribution in [0, 0.1) is 0 Å². The highest BCUT2D eigenvalue weighted by Crippen LogP contribution is 2.21. The summed E-state index contributed by atoms with van der Waals surface area (Å²) in [5.41, 5.74) is -1.77. The summed E-state index contributed by atoms with van der Waals surface area (Å²) in [6, 6.07) is 6.67. The van der Waals surface area contributed by atoms with Gasteiger partial charge in [0, 0.05) is 9.86 Å². The molecule has 0 bridgehead atoms. The van der Waals surface area contributed by atoms with Crippen LogP contribution in [0.15, 0.2) is 33.5 Å². The van der Waals surface area contributed by atoms with E-state index in [1.165, 1.54) is 6.07 Å². The zero-order valence-electron chi connectivity index (χ0n) is 16.7. The molecule has 0 aliphatic rings. The Bertz CT molecular complexity index is 927. The third-order valence-corrected chi connectivity index (χ3v) is 3.72. The molecule has 0 saturated carbocycles. The summed E-state index contributed by atoms with van der Waals surface area (Å²) in [6.07, 6.45) is -2.46. The number of ether oxygens (including phenoxy) is 2. The lowest BCUT2D eigenvalue weighted by Crippen LogP contribution is -2.38. The smallest absolute Gasteiger partial charge is 0.427 e. The first-order valence-corrected chi connectivity index (χ1v) is 9.43. The Hall–Kier alpha value is -2.10. The van der Waals surface area contributed by atoms with E-state index >= 15 is 0 Å². The molecule has 1 aromatic heterocycles. The SMILES string of the molecule is CC(C)(C)OC(=O)On1c(=O)c(NC(O)OC(C)(C)C)cc2ccc(Br)cc21. The first-order valence-electron chi connectivity index (χ1n) is 8.64. The van der Waals surface area contributed by atoms with E-state index < -0.39 is 29.3 Å². The van der Waals surface area contributed by atoms with Crippen molar-refractivity contribution in [1.82, 2.24) is 4.73 Å². The van der Waals surface area contributed by atoms with E-state index in [9.17, 15) is 14.7 Å². The summed E-state index contributed by atoms with van der Waals surface area (Å²) in [5, 5.41) is 13.3. The molecule has 2 aromatic rings. The number of fused-ring (bicyclic) bond motifs is 1. The molecule has 0 fully saturated rings. The summed E-state index contributed by atoms with van der Waals surface area (Å²) in [7, 11) is 0. The minimum absolute atomic E-state index is 0.00451. The Balaban J connectivity index is 2.47. The predicted octanol–water partition coefficient (Wildman–Crippen LogP) is 3.63. The van der Waals surface area contributed by atoms with Gasteiger partial charge in [-0.15, -0.1) is 4.73 Å². The monoisotopic (exact) mass is 456 g/mol. The molecule has 2 rings (SSSR count). The number of aromatic nitrogens is 1. The van der Waals surface area contributed by atoms with Crippen LogP contribution in [-0.2, 0) is 9.47 Å². The number of hydrogen-bond donors (Lipinski definition) is 2. The zero-order valence-corrected chi connectivity index (χ0v) is 18.3. The molecule has 0 amide bonds. The van der Waals surface area contributed by atoms with Crippen molar-refractivity contribution in [3.8, 4) is 0 Å². The van der Waals surface area contributed by atoms with Crippen molar-refractivity contribution in [3.05, 3.63) is 39.1 Å². The van der Waals surface area contributed by atoms with Crippen molar-refractivity contribution < 1.29 is 24.2 Å². The van der Waals surface area contributed by atoms with Crippen LogP contribution in [0.3, 0.4) is 0 Å². The number of carbonyl (C=O) groups is 1. The van der Waals surface area contributed by atoms with Crippen molar-refractivity contribution in [2.24, 2.45) is 0 Å². The van der Waals surface area contributed by atoms with Crippen LogP contribution in [0.5, 0.6) is 0 Å². The lowest BCUT2D eigenvalue weighted by Gasteiger charge is -2.25. The second-order valence-corrected chi connectivity index (χ2v) is 9.06. The molecular weight excluding hydrogens is 432 g/mol. The summed E-state index contributed by atoms with van der Waals surface area (Å²) in [5.74, 6) is 0. The maximum atomic E-state index is 12.9. The molecule has 1 atom stereocenters. The molecule has 9 heteroatoms. The molecule has 0 spiro atoms. The number of benzene rings is 1. The Morgan fingerprint density at radius 3 is 2.36 bits per heavy atom. The van der Waals surface area contributed by atoms with E-state index in [-0.39, 0.29) is 5.69 Å². The number of carbonyl (C=O) groups excluding carboxylic acids is 1. The van der Waals surface area contributed by atoms with Crippen LogP contribution in [-0.4, -0.2) is 33.6 Å². The quantitative estimate of drug-likeness (QED) is 0.535. The molecule has 0 radical (unpaired) electrons. The summed E-state index contributed by atoms with van der Waals surface area (Å²) in [4.78, 5) is 30.2. The van der Waals surface area contributed by atoms with Crippen molar-refractivity contribution in [2.75, 3.05) is 5.32 Å². The summed E-state index contributed by atoms with van der Waals surface area (Å²) >= 11 is 3.34. The number of aliphatic hydroxyl groups excluding tert-OH is 1. The molecule has 1 unspecified atom stereocenters. The third kappa shape index (κ3) is 6.22. The number of halogens is 1. The standard InChI is InChI=1S/C19H25BrN2O6/c1-18(2,3)26-16(24)21-13-9-11-7-8-12(20)10-14(11)22(15(13)23)28-17(25)27-19(4,5)6/h7-10,16,21,24H,1-6H3. The molecule has 154 valence electrons. The fourth-order valence-electron chi connectivity index (χ4n) is 2.29. The summed E-state index contributed by atoms with van der Waals surface area (Å²) < 4.78 is 12.0. The van der Waals surface area contributed by atoms with Gasteiger partial charge in [0.25, 0.3) is 0 Å². The van der Waals surface area contributed by atoms with E-state index in [0.29, 0.717) is 15.4 Å². The minimum atomic E-state index is -1.43. The van der Waals surface area contributed by atoms with Gasteiger partial charge in [-0.05, 0) is 59.7 Å². The topological polar surface area (TPSA) is 99.0 Å². The first-order chi connectivity index (χ1) is 12.7. The number of nitrogens with zero attached hydrogens (tertiary/aromatic N) is 1. The Morgan fingerprint density at radius 2 is 1.79 bits per heavy atom. The number of hydrogen-bond acceptors (Lipinski definition) is 7. The molecule has 0 aliphatic carbocycles. The van der Waals surface area contributed by atoms with Crippen LogP contribution in [0.2, 0.25) is 0 Å². The normalized spacial score (nSPS) is 13.3. The van der Waals surface area contributed by atoms with Gasteiger partial charge in [-0.1, -0.05) is 22.0 Å². The molecule has 1 heterocycles. The second kappa shape index (κ2) is 8.10. The van der Waals surface area contributed by atoms with Crippen LogP contribution in [0.4, 0.5) is 10.5 Å². The zero-order chi connectivity index (χ0) is 21.3. The van der Waals surface area contributed by atoms with Gasteiger partial charge in [-0.2, -0.15) is 0 Å². The van der Waals surface area contributed by atoms with Gasteiger partial charge < -0.3 is 19.9 Å². The first kappa shape index (κ1) is 22.2. The Kier molecular flexibility index (Phi) is 6.42. The fraction of sp³-hybridized carbons (Fsp3) is 0.474. The number of rotatable bonds is 4. The van der Waals surface area contributed by atoms with E-state index in [0.717, 1.165) is 4.73 Å². The fourth-order valence-corrected chi connectivity index (χ4v) is 2.63. The van der Waals surface area contributed by atoms with Gasteiger partial charge >= 0.3 is 11.7 Å². The van der Waals surface area contributed by atoms with Gasteiger partial charge in [-0.3, -0.25) is 9.63 Å². The highest BCUT2D eigenvalue weighted by molar-refractivity contribution is 9.10. The minimum Gasteiger partial charge on any atom is -0.427 e. The summed E-state index contributed by atoms with van der Waals surface area (Å²) in [6.45, 7) is 10.3. The van der Waals surface area contributed by atoms with Crippen LogP contribution < -0.4 is 15.7 Å². The Morgan fingerprint density at radius 1 is 1.14 bits per heavy atom. The average molecular weight is 457 g/mol. The predicted molar refractivity (Wildman–Crippen MR) is 109 cm³/mol. The third-order valence-electron chi connectivity index (χ3n) is 3.23. The number of aliphatic hydroxyl groups is 1. The Labute approximate surface area is 171 Å². The van der Waals surface area contributed by atoms with Gasteiger partial charge in [0.1, 0.15) is 11.3 Å². The van der Waals surface area contributed by atoms with Crippen LogP contribution in [0.1, 0.15) is 41.5 Å². The van der Waals surface area contributed by atoms with Crippen molar-refractivity contribution in [1.29, 1.82) is 0 Å². The maximum absolute atomic E-state index is 12.9. The molecular formula is C19H25BrN2O6. The molecule has 0 saturated heterocycles. The molecule has 8 nitrogen and oxygen atoms in total. The van der Waals surface area contributed by atoms with Gasteiger partial charge in [0.15, 0.2) is 0 Å². The molecule has 2 N–H and O–H groups in total. The molecule has 1 aromatic carbocycles. The van der Waals surface area contributed by atoms with E-state index in [1.54, 1.807) is 59.7 Å². The van der Waals surface area contributed by atoms with Crippen molar-refractivity contribution >= 4 is 38.7 Å². The van der Waals surface area contributed by atoms with Crippen molar-refractivity contribution in [3.63, 3.8) is 0 Å². The second-order valence-electron chi connectivity index (χ2n) is 8.14. The lowest BCUT2D eigenvalue weighted by molar-refractivity contribution is -0.148. The maximum Gasteiger partial charge on any atom is 0.534 e. The van der Waals surface area contributed by atoms with Gasteiger partial charge in [0.2, 0.25) is 6.41 Å². The number of anilines is 1. The highest BCUT2D eigenvalue weighted by Gasteiger charge is 2.22. The number of pyridine rings is 1.